The molecule has 0 bridgehead atoms. The molecule has 0 heterocycles. The number of halogens is 1. The van der Waals surface area contributed by atoms with Crippen molar-refractivity contribution in [1.29, 1.82) is 0 Å². The SMILES string of the molecule is COc1ccc(CC(C)CN=C(N)Nc2cccc(C)c2)cc1.I. The third-order valence-corrected chi connectivity index (χ3v) is 3.61. The highest BCUT2D eigenvalue weighted by Crippen LogP contribution is 2.15. The first-order chi connectivity index (χ1) is 11.1. The van der Waals surface area contributed by atoms with Gasteiger partial charge in [-0.05, 0) is 54.7 Å². The van der Waals surface area contributed by atoms with E-state index in [4.69, 9.17) is 10.5 Å². The molecule has 130 valence electrons. The van der Waals surface area contributed by atoms with Gasteiger partial charge in [0.25, 0.3) is 0 Å². The molecule has 0 aliphatic heterocycles. The molecule has 0 saturated heterocycles. The predicted molar refractivity (Wildman–Crippen MR) is 113 cm³/mol. The van der Waals surface area contributed by atoms with Crippen LogP contribution in [0.2, 0.25) is 0 Å². The zero-order chi connectivity index (χ0) is 16.7. The average Bonchev–Trinajstić information content (AvgIpc) is 2.54. The van der Waals surface area contributed by atoms with Crippen LogP contribution in [0.1, 0.15) is 18.1 Å². The van der Waals surface area contributed by atoms with Gasteiger partial charge in [-0.1, -0.05) is 31.2 Å². The van der Waals surface area contributed by atoms with Crippen LogP contribution in [0, 0.1) is 12.8 Å². The van der Waals surface area contributed by atoms with Crippen LogP contribution in [0.15, 0.2) is 53.5 Å². The highest BCUT2D eigenvalue weighted by atomic mass is 127. The maximum atomic E-state index is 5.96. The van der Waals surface area contributed by atoms with E-state index in [2.05, 4.69) is 42.4 Å². The van der Waals surface area contributed by atoms with Gasteiger partial charge in [0.15, 0.2) is 5.96 Å². The molecule has 2 aromatic rings. The first-order valence-corrected chi connectivity index (χ1v) is 7.83. The Labute approximate surface area is 161 Å². The fraction of sp³-hybridized carbons (Fsp3) is 0.316. The van der Waals surface area contributed by atoms with Crippen molar-refractivity contribution in [2.24, 2.45) is 16.6 Å². The third kappa shape index (κ3) is 6.78. The molecule has 2 rings (SSSR count). The van der Waals surface area contributed by atoms with Gasteiger partial charge in [-0.15, -0.1) is 24.0 Å². The van der Waals surface area contributed by atoms with Crippen LogP contribution in [-0.2, 0) is 6.42 Å². The number of methoxy groups -OCH3 is 1. The van der Waals surface area contributed by atoms with E-state index in [9.17, 15) is 0 Å². The summed E-state index contributed by atoms with van der Waals surface area (Å²) in [5.74, 6) is 1.75. The molecule has 3 N–H and O–H groups in total. The summed E-state index contributed by atoms with van der Waals surface area (Å²) in [5, 5.41) is 3.13. The number of anilines is 1. The number of ether oxygens (including phenoxy) is 1. The van der Waals surface area contributed by atoms with Crippen molar-refractivity contribution in [3.63, 3.8) is 0 Å². The van der Waals surface area contributed by atoms with Gasteiger partial charge in [-0.25, -0.2) is 0 Å². The number of nitrogens with zero attached hydrogens (tertiary/aromatic N) is 1. The van der Waals surface area contributed by atoms with Crippen LogP contribution in [-0.4, -0.2) is 19.6 Å². The lowest BCUT2D eigenvalue weighted by molar-refractivity contribution is 0.414. The normalized spacial score (nSPS) is 12.2. The zero-order valence-corrected chi connectivity index (χ0v) is 16.8. The van der Waals surface area contributed by atoms with E-state index in [1.165, 1.54) is 11.1 Å². The second-order valence-corrected chi connectivity index (χ2v) is 5.88. The summed E-state index contributed by atoms with van der Waals surface area (Å²) in [6, 6.07) is 16.2. The number of nitrogens with one attached hydrogen (secondary N) is 1. The summed E-state index contributed by atoms with van der Waals surface area (Å²) in [6.07, 6.45) is 0.964. The molecule has 5 heteroatoms. The Kier molecular flexibility index (Phi) is 8.60. The van der Waals surface area contributed by atoms with Crippen molar-refractivity contribution >= 4 is 35.6 Å². The van der Waals surface area contributed by atoms with Crippen molar-refractivity contribution in [2.45, 2.75) is 20.3 Å². The van der Waals surface area contributed by atoms with E-state index in [1.807, 2.05) is 30.3 Å². The standard InChI is InChI=1S/C19H25N3O.HI/c1-14-5-4-6-17(12-14)22-19(20)21-13-15(2)11-16-7-9-18(23-3)10-8-16;/h4-10,12,15H,11,13H2,1-3H3,(H3,20,21,22);1H. The highest BCUT2D eigenvalue weighted by molar-refractivity contribution is 14.0. The van der Waals surface area contributed by atoms with Gasteiger partial charge in [0.05, 0.1) is 7.11 Å². The van der Waals surface area contributed by atoms with Gasteiger partial charge in [0.2, 0.25) is 0 Å². The summed E-state index contributed by atoms with van der Waals surface area (Å²) in [7, 11) is 1.68. The van der Waals surface area contributed by atoms with Gasteiger partial charge in [-0.3, -0.25) is 4.99 Å². The summed E-state index contributed by atoms with van der Waals surface area (Å²) >= 11 is 0. The lowest BCUT2D eigenvalue weighted by Crippen LogP contribution is -2.23. The summed E-state index contributed by atoms with van der Waals surface area (Å²) < 4.78 is 5.17. The number of aliphatic imine (C=N–C) groups is 1. The van der Waals surface area contributed by atoms with Gasteiger partial charge in [0, 0.05) is 12.2 Å². The van der Waals surface area contributed by atoms with Crippen molar-refractivity contribution in [1.82, 2.24) is 0 Å². The van der Waals surface area contributed by atoms with Crippen molar-refractivity contribution < 1.29 is 4.74 Å². The van der Waals surface area contributed by atoms with Crippen molar-refractivity contribution in [3.8, 4) is 5.75 Å². The van der Waals surface area contributed by atoms with Gasteiger partial charge < -0.3 is 15.8 Å². The molecule has 0 saturated carbocycles. The largest absolute Gasteiger partial charge is 0.497 e. The quantitative estimate of drug-likeness (QED) is 0.403. The molecule has 0 aromatic heterocycles. The molecule has 0 aliphatic rings. The van der Waals surface area contributed by atoms with E-state index in [0.29, 0.717) is 18.4 Å². The number of guanidine groups is 1. The Morgan fingerprint density at radius 3 is 2.54 bits per heavy atom. The first kappa shape index (κ1) is 20.3. The highest BCUT2D eigenvalue weighted by Gasteiger charge is 2.04. The Balaban J connectivity index is 0.00000288. The first-order valence-electron chi connectivity index (χ1n) is 7.83. The van der Waals surface area contributed by atoms with Crippen molar-refractivity contribution in [3.05, 3.63) is 59.7 Å². The fourth-order valence-electron chi connectivity index (χ4n) is 2.39. The molecule has 0 radical (unpaired) electrons. The van der Waals surface area contributed by atoms with Crippen LogP contribution in [0.4, 0.5) is 5.69 Å². The molecule has 0 fully saturated rings. The Hall–Kier alpha value is -1.76. The van der Waals surface area contributed by atoms with Crippen LogP contribution < -0.4 is 15.8 Å². The molecular weight excluding hydrogens is 413 g/mol. The van der Waals surface area contributed by atoms with Crippen LogP contribution in [0.3, 0.4) is 0 Å². The van der Waals surface area contributed by atoms with Crippen molar-refractivity contribution in [2.75, 3.05) is 19.0 Å². The smallest absolute Gasteiger partial charge is 0.193 e. The van der Waals surface area contributed by atoms with E-state index in [-0.39, 0.29) is 24.0 Å². The zero-order valence-electron chi connectivity index (χ0n) is 14.5. The molecule has 0 spiro atoms. The minimum atomic E-state index is 0. The molecule has 0 aliphatic carbocycles. The van der Waals surface area contributed by atoms with Gasteiger partial charge in [-0.2, -0.15) is 0 Å². The molecule has 24 heavy (non-hydrogen) atoms. The lowest BCUT2D eigenvalue weighted by Gasteiger charge is -2.11. The molecule has 1 atom stereocenters. The third-order valence-electron chi connectivity index (χ3n) is 3.61. The number of rotatable bonds is 6. The van der Waals surface area contributed by atoms with E-state index >= 15 is 0 Å². The molecule has 1 unspecified atom stereocenters. The van der Waals surface area contributed by atoms with E-state index in [0.717, 1.165) is 17.9 Å². The summed E-state index contributed by atoms with van der Waals surface area (Å²) in [6.45, 7) is 4.92. The average molecular weight is 439 g/mol. The number of benzene rings is 2. The maximum absolute atomic E-state index is 5.96. The summed E-state index contributed by atoms with van der Waals surface area (Å²) in [5.41, 5.74) is 9.39. The minimum Gasteiger partial charge on any atom is -0.497 e. The molecule has 2 aromatic carbocycles. The molecule has 4 nitrogen and oxygen atoms in total. The van der Waals surface area contributed by atoms with E-state index in [1.54, 1.807) is 7.11 Å². The molecule has 0 amide bonds. The van der Waals surface area contributed by atoms with Crippen LogP contribution in [0.25, 0.3) is 0 Å². The lowest BCUT2D eigenvalue weighted by atomic mass is 10.0. The van der Waals surface area contributed by atoms with Gasteiger partial charge in [0.1, 0.15) is 5.75 Å². The monoisotopic (exact) mass is 439 g/mol. The second-order valence-electron chi connectivity index (χ2n) is 5.88. The van der Waals surface area contributed by atoms with Crippen LogP contribution in [0.5, 0.6) is 5.75 Å². The van der Waals surface area contributed by atoms with E-state index < -0.39 is 0 Å². The minimum absolute atomic E-state index is 0. The summed E-state index contributed by atoms with van der Waals surface area (Å²) in [4.78, 5) is 4.44. The van der Waals surface area contributed by atoms with Gasteiger partial charge >= 0.3 is 0 Å². The Bertz CT molecular complexity index is 656. The number of hydrogen-bond acceptors (Lipinski definition) is 2. The fourth-order valence-corrected chi connectivity index (χ4v) is 2.39. The Morgan fingerprint density at radius 1 is 1.21 bits per heavy atom. The topological polar surface area (TPSA) is 59.6 Å². The number of aryl methyl sites for hydroxylation is 1. The number of nitrogens with two attached hydrogens (primary N) is 1. The second kappa shape index (κ2) is 10.2. The van der Waals surface area contributed by atoms with Crippen LogP contribution >= 0.6 is 24.0 Å². The number of hydrogen-bond donors (Lipinski definition) is 2. The molecular formula is C19H26IN3O. The Morgan fingerprint density at radius 2 is 1.92 bits per heavy atom. The maximum Gasteiger partial charge on any atom is 0.193 e. The predicted octanol–water partition coefficient (Wildman–Crippen LogP) is 4.23.